The summed E-state index contributed by atoms with van der Waals surface area (Å²) in [6.07, 6.45) is -2.80. The Morgan fingerprint density at radius 3 is 2.76 bits per heavy atom. The zero-order valence-corrected chi connectivity index (χ0v) is 11.4. The first-order valence-electron chi connectivity index (χ1n) is 6.43. The van der Waals surface area contributed by atoms with Crippen LogP contribution in [-0.4, -0.2) is 53.2 Å². The number of rotatable bonds is 3. The zero-order valence-electron chi connectivity index (χ0n) is 11.4. The molecule has 1 saturated heterocycles. The second-order valence-electron chi connectivity index (χ2n) is 4.98. The molecule has 9 heteroatoms. The van der Waals surface area contributed by atoms with E-state index in [0.29, 0.717) is 0 Å². The summed E-state index contributed by atoms with van der Waals surface area (Å²) in [5.74, 6) is 0.209. The van der Waals surface area contributed by atoms with Gasteiger partial charge in [-0.3, -0.25) is 15.0 Å². The fourth-order valence-corrected chi connectivity index (χ4v) is 2.43. The Balaban J connectivity index is 2.11. The van der Waals surface area contributed by atoms with Gasteiger partial charge in [-0.15, -0.1) is 0 Å². The minimum absolute atomic E-state index is 0.131. The Hall–Kier alpha value is -1.90. The smallest absolute Gasteiger partial charge is 0.348 e. The quantitative estimate of drug-likeness (QED) is 0.632. The molecular weight excluding hydrogens is 289 g/mol. The topological polar surface area (TPSA) is 62.5 Å². The highest BCUT2D eigenvalue weighted by atomic mass is 19.4. The van der Waals surface area contributed by atoms with Crippen molar-refractivity contribution in [2.75, 3.05) is 31.1 Å². The second-order valence-corrected chi connectivity index (χ2v) is 4.98. The van der Waals surface area contributed by atoms with Crippen LogP contribution in [0.5, 0.6) is 0 Å². The van der Waals surface area contributed by atoms with Gasteiger partial charge in [-0.25, -0.2) is 4.98 Å². The van der Waals surface area contributed by atoms with Crippen molar-refractivity contribution in [3.8, 4) is 0 Å². The van der Waals surface area contributed by atoms with E-state index in [1.54, 1.807) is 11.8 Å². The van der Waals surface area contributed by atoms with E-state index in [4.69, 9.17) is 0 Å². The third-order valence-corrected chi connectivity index (χ3v) is 3.41. The van der Waals surface area contributed by atoms with E-state index in [2.05, 4.69) is 4.98 Å². The Morgan fingerprint density at radius 1 is 1.48 bits per heavy atom. The molecule has 1 aromatic heterocycles. The van der Waals surface area contributed by atoms with Crippen molar-refractivity contribution < 1.29 is 18.1 Å². The average molecular weight is 304 g/mol. The Bertz CT molecular complexity index is 523. The molecule has 1 aliphatic rings. The van der Waals surface area contributed by atoms with Gasteiger partial charge in [0.1, 0.15) is 0 Å². The summed E-state index contributed by atoms with van der Waals surface area (Å²) in [6.45, 7) is 1.44. The molecule has 0 aliphatic carbocycles. The van der Waals surface area contributed by atoms with E-state index in [0.717, 1.165) is 0 Å². The molecule has 2 heterocycles. The van der Waals surface area contributed by atoms with Gasteiger partial charge in [0.25, 0.3) is 0 Å². The highest BCUT2D eigenvalue weighted by Crippen LogP contribution is 2.28. The van der Waals surface area contributed by atoms with E-state index < -0.39 is 17.6 Å². The van der Waals surface area contributed by atoms with E-state index in [1.165, 1.54) is 23.2 Å². The summed E-state index contributed by atoms with van der Waals surface area (Å²) in [5.41, 5.74) is -0.131. The van der Waals surface area contributed by atoms with E-state index in [-0.39, 0.29) is 37.2 Å². The first-order chi connectivity index (χ1) is 9.78. The number of pyridine rings is 1. The number of nitrogens with zero attached hydrogens (tertiary/aromatic N) is 4. The summed E-state index contributed by atoms with van der Waals surface area (Å²) in [4.78, 5) is 17.4. The highest BCUT2D eigenvalue weighted by Gasteiger charge is 2.36. The van der Waals surface area contributed by atoms with E-state index in [9.17, 15) is 23.3 Å². The lowest BCUT2D eigenvalue weighted by molar-refractivity contribution is -0.384. The molecule has 0 N–H and O–H groups in total. The van der Waals surface area contributed by atoms with Crippen LogP contribution in [0.25, 0.3) is 0 Å². The molecule has 0 amide bonds. The Kier molecular flexibility index (Phi) is 4.31. The molecule has 0 radical (unpaired) electrons. The van der Waals surface area contributed by atoms with Crippen molar-refractivity contribution in [2.24, 2.45) is 0 Å². The van der Waals surface area contributed by atoms with Crippen LogP contribution < -0.4 is 4.90 Å². The van der Waals surface area contributed by atoms with Crippen LogP contribution in [0.1, 0.15) is 6.92 Å². The van der Waals surface area contributed by atoms with Gasteiger partial charge in [-0.2, -0.15) is 13.2 Å². The van der Waals surface area contributed by atoms with Gasteiger partial charge in [-0.1, -0.05) is 0 Å². The molecule has 0 spiro atoms. The summed E-state index contributed by atoms with van der Waals surface area (Å²) in [5, 5.41) is 11.0. The fraction of sp³-hybridized carbons (Fsp3) is 0.583. The summed E-state index contributed by atoms with van der Waals surface area (Å²) < 4.78 is 37.3. The van der Waals surface area contributed by atoms with Crippen LogP contribution in [0.4, 0.5) is 24.7 Å². The molecular formula is C12H15F3N4O2. The molecule has 1 aliphatic heterocycles. The van der Waals surface area contributed by atoms with E-state index >= 15 is 0 Å². The van der Waals surface area contributed by atoms with Gasteiger partial charge in [0.2, 0.25) is 5.82 Å². The molecule has 1 aromatic rings. The van der Waals surface area contributed by atoms with Gasteiger partial charge >= 0.3 is 11.9 Å². The Morgan fingerprint density at radius 2 is 2.19 bits per heavy atom. The van der Waals surface area contributed by atoms with Crippen molar-refractivity contribution in [3.05, 3.63) is 28.4 Å². The van der Waals surface area contributed by atoms with Crippen LogP contribution in [0.2, 0.25) is 0 Å². The monoisotopic (exact) mass is 304 g/mol. The minimum atomic E-state index is -4.24. The van der Waals surface area contributed by atoms with Crippen LogP contribution in [0, 0.1) is 10.1 Å². The van der Waals surface area contributed by atoms with Crippen molar-refractivity contribution in [1.82, 2.24) is 9.88 Å². The van der Waals surface area contributed by atoms with Crippen molar-refractivity contribution in [3.63, 3.8) is 0 Å². The molecule has 0 bridgehead atoms. The third-order valence-electron chi connectivity index (χ3n) is 3.41. The number of anilines is 1. The molecule has 1 atom stereocenters. The predicted octanol–water partition coefficient (Wildman–Crippen LogP) is 2.06. The largest absolute Gasteiger partial charge is 0.401 e. The van der Waals surface area contributed by atoms with Gasteiger partial charge in [0.15, 0.2) is 0 Å². The molecule has 2 rings (SSSR count). The van der Waals surface area contributed by atoms with Gasteiger partial charge in [0, 0.05) is 37.9 Å². The number of halogens is 3. The maximum atomic E-state index is 12.4. The Labute approximate surface area is 119 Å². The molecule has 0 saturated carbocycles. The fourth-order valence-electron chi connectivity index (χ4n) is 2.43. The first-order valence-corrected chi connectivity index (χ1v) is 6.43. The summed E-state index contributed by atoms with van der Waals surface area (Å²) in [7, 11) is 0. The van der Waals surface area contributed by atoms with Gasteiger partial charge in [0.05, 0.1) is 11.5 Å². The van der Waals surface area contributed by atoms with Crippen LogP contribution in [0.15, 0.2) is 18.3 Å². The highest BCUT2D eigenvalue weighted by molar-refractivity contribution is 5.57. The maximum absolute atomic E-state index is 12.4. The van der Waals surface area contributed by atoms with Gasteiger partial charge in [-0.05, 0) is 13.0 Å². The number of hydrogen-bond donors (Lipinski definition) is 0. The van der Waals surface area contributed by atoms with E-state index in [1.807, 2.05) is 0 Å². The second kappa shape index (κ2) is 5.84. The molecule has 6 nitrogen and oxygen atoms in total. The number of piperazine rings is 1. The van der Waals surface area contributed by atoms with Gasteiger partial charge < -0.3 is 4.90 Å². The lowest BCUT2D eigenvalue weighted by Crippen LogP contribution is -2.54. The van der Waals surface area contributed by atoms with Crippen molar-refractivity contribution in [1.29, 1.82) is 0 Å². The lowest BCUT2D eigenvalue weighted by atomic mass is 10.2. The maximum Gasteiger partial charge on any atom is 0.401 e. The molecule has 1 unspecified atom stereocenters. The number of alkyl halides is 3. The number of hydrogen-bond acceptors (Lipinski definition) is 5. The van der Waals surface area contributed by atoms with Crippen LogP contribution in [0.3, 0.4) is 0 Å². The molecule has 1 fully saturated rings. The summed E-state index contributed by atoms with van der Waals surface area (Å²) >= 11 is 0. The lowest BCUT2D eigenvalue weighted by Gasteiger charge is -2.40. The SMILES string of the molecule is CC1CN(c2ncccc2[N+](=O)[O-])CCN1CC(F)(F)F. The van der Waals surface area contributed by atoms with Crippen molar-refractivity contribution in [2.45, 2.75) is 19.1 Å². The normalized spacial score (nSPS) is 20.6. The third kappa shape index (κ3) is 3.81. The number of nitro groups is 1. The molecule has 0 aromatic carbocycles. The molecule has 116 valence electrons. The minimum Gasteiger partial charge on any atom is -0.348 e. The van der Waals surface area contributed by atoms with Crippen molar-refractivity contribution >= 4 is 11.5 Å². The molecule has 21 heavy (non-hydrogen) atoms. The zero-order chi connectivity index (χ0) is 15.6. The van der Waals surface area contributed by atoms with Crippen LogP contribution >= 0.6 is 0 Å². The first kappa shape index (κ1) is 15.5. The average Bonchev–Trinajstić information content (AvgIpc) is 2.39. The summed E-state index contributed by atoms with van der Waals surface area (Å²) in [6, 6.07) is 2.45. The van der Waals surface area contributed by atoms with Crippen LogP contribution in [-0.2, 0) is 0 Å². The predicted molar refractivity (Wildman–Crippen MR) is 70.2 cm³/mol. The number of aromatic nitrogens is 1. The standard InChI is InChI=1S/C12H15F3N4O2/c1-9-7-17(5-6-18(9)8-12(13,14)15)11-10(19(20)21)3-2-4-16-11/h2-4,9H,5-8H2,1H3.